The molecule has 0 unspecified atom stereocenters. The van der Waals surface area contributed by atoms with Crippen LogP contribution in [0.4, 0.5) is 5.69 Å². The molecule has 0 atom stereocenters. The number of sulfone groups is 1. The molecule has 0 spiro atoms. The highest BCUT2D eigenvalue weighted by molar-refractivity contribution is 7.90. The van der Waals surface area contributed by atoms with Gasteiger partial charge in [0.05, 0.1) is 10.6 Å². The highest BCUT2D eigenvalue weighted by Crippen LogP contribution is 2.23. The Labute approximate surface area is 121 Å². The molecule has 21 heavy (non-hydrogen) atoms. The Morgan fingerprint density at radius 1 is 1.48 bits per heavy atom. The minimum absolute atomic E-state index is 0.123. The van der Waals surface area contributed by atoms with Gasteiger partial charge < -0.3 is 5.32 Å². The van der Waals surface area contributed by atoms with Crippen LogP contribution < -0.4 is 5.32 Å². The molecule has 9 heteroatoms. The van der Waals surface area contributed by atoms with Crippen molar-refractivity contribution in [2.75, 3.05) is 11.6 Å². The fourth-order valence-corrected chi connectivity index (χ4v) is 2.55. The summed E-state index contributed by atoms with van der Waals surface area (Å²) in [6.45, 7) is 1.80. The van der Waals surface area contributed by atoms with Gasteiger partial charge in [-0.2, -0.15) is 10.5 Å². The minimum atomic E-state index is -3.39. The van der Waals surface area contributed by atoms with E-state index >= 15 is 0 Å². The second kappa shape index (κ2) is 5.72. The number of anilines is 1. The van der Waals surface area contributed by atoms with Crippen molar-refractivity contribution in [1.29, 1.82) is 5.26 Å². The lowest BCUT2D eigenvalue weighted by Crippen LogP contribution is -2.03. The monoisotopic (exact) mass is 304 g/mol. The standard InChI is InChI=1S/C12H12N6O2S/c1-8-3-4-10(11(5-8)21(2,19)20)14-7-9(6-13)12-15-17-18-16-12/h3-5,7,14H,1-2H3,(H,15,16,17,18). The molecule has 1 aromatic carbocycles. The maximum atomic E-state index is 11.8. The van der Waals surface area contributed by atoms with Crippen LogP contribution in [-0.4, -0.2) is 35.3 Å². The van der Waals surface area contributed by atoms with E-state index in [0.717, 1.165) is 11.8 Å². The molecule has 0 amide bonds. The van der Waals surface area contributed by atoms with Crippen LogP contribution in [0, 0.1) is 18.3 Å². The molecular formula is C12H12N6O2S. The number of allylic oxidation sites excluding steroid dienone is 1. The van der Waals surface area contributed by atoms with Gasteiger partial charge in [0.25, 0.3) is 0 Å². The predicted molar refractivity (Wildman–Crippen MR) is 75.7 cm³/mol. The highest BCUT2D eigenvalue weighted by atomic mass is 32.2. The summed E-state index contributed by atoms with van der Waals surface area (Å²) in [5.41, 5.74) is 1.33. The van der Waals surface area contributed by atoms with Gasteiger partial charge in [-0.3, -0.25) is 0 Å². The molecule has 108 valence electrons. The second-order valence-corrected chi connectivity index (χ2v) is 6.31. The summed E-state index contributed by atoms with van der Waals surface area (Å²) in [6.07, 6.45) is 2.46. The molecule has 2 rings (SSSR count). The van der Waals surface area contributed by atoms with Crippen LogP contribution in [0.3, 0.4) is 0 Å². The number of benzene rings is 1. The van der Waals surface area contributed by atoms with E-state index in [-0.39, 0.29) is 16.3 Å². The number of nitriles is 1. The van der Waals surface area contributed by atoms with Crippen LogP contribution in [0.25, 0.3) is 5.57 Å². The van der Waals surface area contributed by atoms with Crippen molar-refractivity contribution in [3.63, 3.8) is 0 Å². The van der Waals surface area contributed by atoms with Gasteiger partial charge in [0.15, 0.2) is 9.84 Å². The van der Waals surface area contributed by atoms with Crippen LogP contribution in [0.15, 0.2) is 29.3 Å². The minimum Gasteiger partial charge on any atom is -0.359 e. The van der Waals surface area contributed by atoms with Gasteiger partial charge >= 0.3 is 0 Å². The first-order valence-electron chi connectivity index (χ1n) is 5.83. The van der Waals surface area contributed by atoms with Gasteiger partial charge in [0.2, 0.25) is 5.82 Å². The first kappa shape index (κ1) is 14.7. The van der Waals surface area contributed by atoms with Gasteiger partial charge in [0, 0.05) is 12.5 Å². The number of rotatable bonds is 4. The fourth-order valence-electron chi connectivity index (χ4n) is 1.63. The summed E-state index contributed by atoms with van der Waals surface area (Å²) < 4.78 is 23.6. The topological polar surface area (TPSA) is 124 Å². The van der Waals surface area contributed by atoms with Gasteiger partial charge in [-0.15, -0.1) is 10.2 Å². The van der Waals surface area contributed by atoms with E-state index in [1.165, 1.54) is 6.20 Å². The second-order valence-electron chi connectivity index (χ2n) is 4.32. The van der Waals surface area contributed by atoms with Gasteiger partial charge in [0.1, 0.15) is 11.6 Å². The number of tetrazole rings is 1. The number of aryl methyl sites for hydroxylation is 1. The van der Waals surface area contributed by atoms with Gasteiger partial charge in [-0.1, -0.05) is 6.07 Å². The van der Waals surface area contributed by atoms with Crippen LogP contribution in [0.1, 0.15) is 11.4 Å². The molecule has 2 aromatic rings. The third-order valence-electron chi connectivity index (χ3n) is 2.62. The van der Waals surface area contributed by atoms with Crippen LogP contribution in [-0.2, 0) is 9.84 Å². The molecule has 0 radical (unpaired) electrons. The smallest absolute Gasteiger partial charge is 0.216 e. The van der Waals surface area contributed by atoms with E-state index < -0.39 is 9.84 Å². The lowest BCUT2D eigenvalue weighted by atomic mass is 10.2. The molecule has 1 heterocycles. The van der Waals surface area contributed by atoms with Crippen molar-refractivity contribution >= 4 is 21.1 Å². The Hall–Kier alpha value is -2.73. The summed E-state index contributed by atoms with van der Waals surface area (Å²) in [5, 5.41) is 24.8. The Balaban J connectivity index is 2.39. The summed E-state index contributed by atoms with van der Waals surface area (Å²) in [7, 11) is -3.39. The van der Waals surface area contributed by atoms with Crippen LogP contribution in [0.2, 0.25) is 0 Å². The van der Waals surface area contributed by atoms with Gasteiger partial charge in [-0.25, -0.2) is 8.42 Å². The number of nitrogens with one attached hydrogen (secondary N) is 2. The lowest BCUT2D eigenvalue weighted by molar-refractivity contribution is 0.602. The van der Waals surface area contributed by atoms with E-state index in [0.29, 0.717) is 5.69 Å². The largest absolute Gasteiger partial charge is 0.359 e. The normalized spacial score (nSPS) is 12.0. The predicted octanol–water partition coefficient (Wildman–Crippen LogP) is 0.888. The third kappa shape index (κ3) is 3.43. The first-order chi connectivity index (χ1) is 9.91. The Kier molecular flexibility index (Phi) is 4.00. The van der Waals surface area contributed by atoms with Gasteiger partial charge in [-0.05, 0) is 29.8 Å². The molecule has 0 bridgehead atoms. The van der Waals surface area contributed by atoms with E-state index in [1.54, 1.807) is 25.1 Å². The molecule has 2 N–H and O–H groups in total. The molecule has 0 fully saturated rings. The van der Waals surface area contributed by atoms with E-state index in [2.05, 4.69) is 25.9 Å². The Bertz CT molecular complexity index is 818. The summed E-state index contributed by atoms with van der Waals surface area (Å²) in [5.74, 6) is 0.123. The number of aromatic amines is 1. The molecule has 0 aliphatic carbocycles. The Morgan fingerprint density at radius 3 is 2.81 bits per heavy atom. The molecule has 0 aliphatic rings. The van der Waals surface area contributed by atoms with Crippen molar-refractivity contribution in [2.24, 2.45) is 0 Å². The number of hydrogen-bond donors (Lipinski definition) is 2. The van der Waals surface area contributed by atoms with Crippen LogP contribution in [0.5, 0.6) is 0 Å². The first-order valence-corrected chi connectivity index (χ1v) is 7.72. The number of hydrogen-bond acceptors (Lipinski definition) is 7. The third-order valence-corrected chi connectivity index (χ3v) is 3.75. The molecule has 0 saturated carbocycles. The van der Waals surface area contributed by atoms with Crippen LogP contribution >= 0.6 is 0 Å². The molecule has 1 aromatic heterocycles. The maximum Gasteiger partial charge on any atom is 0.216 e. The quantitative estimate of drug-likeness (QED) is 0.803. The highest BCUT2D eigenvalue weighted by Gasteiger charge is 2.13. The van der Waals surface area contributed by atoms with E-state index in [1.807, 2.05) is 6.07 Å². The molecular weight excluding hydrogens is 292 g/mol. The average Bonchev–Trinajstić information content (AvgIpc) is 2.94. The maximum absolute atomic E-state index is 11.8. The summed E-state index contributed by atoms with van der Waals surface area (Å²) in [6, 6.07) is 6.87. The van der Waals surface area contributed by atoms with Crippen molar-refractivity contribution < 1.29 is 8.42 Å². The molecule has 0 saturated heterocycles. The van der Waals surface area contributed by atoms with Crippen molar-refractivity contribution in [2.45, 2.75) is 11.8 Å². The zero-order valence-corrected chi connectivity index (χ0v) is 12.1. The lowest BCUT2D eigenvalue weighted by Gasteiger charge is -2.08. The zero-order chi connectivity index (χ0) is 15.5. The molecule has 8 nitrogen and oxygen atoms in total. The zero-order valence-electron chi connectivity index (χ0n) is 11.3. The van der Waals surface area contributed by atoms with E-state index in [9.17, 15) is 8.42 Å². The van der Waals surface area contributed by atoms with Crippen molar-refractivity contribution in [3.8, 4) is 6.07 Å². The summed E-state index contributed by atoms with van der Waals surface area (Å²) >= 11 is 0. The SMILES string of the molecule is Cc1ccc(NC=C(C#N)c2nn[nH]n2)c(S(C)(=O)=O)c1. The molecule has 0 aliphatic heterocycles. The van der Waals surface area contributed by atoms with E-state index in [4.69, 9.17) is 5.26 Å². The fraction of sp³-hybridized carbons (Fsp3) is 0.167. The number of H-pyrrole nitrogens is 1. The summed E-state index contributed by atoms with van der Waals surface area (Å²) in [4.78, 5) is 0.157. The average molecular weight is 304 g/mol. The number of aromatic nitrogens is 4. The number of nitrogens with zero attached hydrogens (tertiary/aromatic N) is 4. The van der Waals surface area contributed by atoms with Crippen molar-refractivity contribution in [1.82, 2.24) is 20.6 Å². The van der Waals surface area contributed by atoms with Crippen molar-refractivity contribution in [3.05, 3.63) is 35.8 Å². The Morgan fingerprint density at radius 2 is 2.24 bits per heavy atom.